The number of nitrogens with zero attached hydrogens (tertiary/aromatic N) is 1. The number of thiazole rings is 1. The summed E-state index contributed by atoms with van der Waals surface area (Å²) in [6, 6.07) is 3.29. The minimum Gasteiger partial charge on any atom is -0.454 e. The van der Waals surface area contributed by atoms with E-state index in [4.69, 9.17) is 4.42 Å². The Morgan fingerprint density at radius 1 is 1.42 bits per heavy atom. The number of rotatable bonds is 5. The van der Waals surface area contributed by atoms with E-state index in [0.29, 0.717) is 10.9 Å². The first-order valence-corrected chi connectivity index (χ1v) is 9.00. The molecule has 0 bridgehead atoms. The Morgan fingerprint density at radius 3 is 3.00 bits per heavy atom. The number of furan rings is 1. The van der Waals surface area contributed by atoms with Gasteiger partial charge in [-0.15, -0.1) is 11.3 Å². The molecule has 24 heavy (non-hydrogen) atoms. The number of anilines is 1. The summed E-state index contributed by atoms with van der Waals surface area (Å²) in [4.78, 5) is 29.0. The van der Waals surface area contributed by atoms with E-state index in [1.54, 1.807) is 23.5 Å². The van der Waals surface area contributed by atoms with Crippen molar-refractivity contribution in [2.24, 2.45) is 5.92 Å². The number of aromatic nitrogens is 1. The number of hydrogen-bond acceptors (Lipinski definition) is 5. The molecular weight excluding hydrogens is 326 g/mol. The molecule has 0 spiro atoms. The predicted octanol–water partition coefficient (Wildman–Crippen LogP) is 3.14. The van der Waals surface area contributed by atoms with Crippen molar-refractivity contribution in [3.63, 3.8) is 0 Å². The van der Waals surface area contributed by atoms with Crippen molar-refractivity contribution in [3.8, 4) is 0 Å². The van der Waals surface area contributed by atoms with Crippen molar-refractivity contribution in [1.29, 1.82) is 0 Å². The van der Waals surface area contributed by atoms with Crippen molar-refractivity contribution in [3.05, 3.63) is 34.2 Å². The Hall–Kier alpha value is -2.15. The van der Waals surface area contributed by atoms with Crippen molar-refractivity contribution < 1.29 is 14.0 Å². The first-order chi connectivity index (χ1) is 11.5. The lowest BCUT2D eigenvalue weighted by atomic mass is 9.89. The van der Waals surface area contributed by atoms with Crippen molar-refractivity contribution >= 4 is 28.3 Å². The van der Waals surface area contributed by atoms with Crippen LogP contribution in [0.1, 0.15) is 53.6 Å². The highest BCUT2D eigenvalue weighted by Crippen LogP contribution is 2.33. The third-order valence-corrected chi connectivity index (χ3v) is 5.27. The zero-order valence-electron chi connectivity index (χ0n) is 13.8. The van der Waals surface area contributed by atoms with Gasteiger partial charge in [-0.05, 0) is 37.3 Å². The molecule has 2 heterocycles. The van der Waals surface area contributed by atoms with E-state index < -0.39 is 0 Å². The molecule has 2 aromatic heterocycles. The van der Waals surface area contributed by atoms with Gasteiger partial charge < -0.3 is 9.73 Å². The van der Waals surface area contributed by atoms with E-state index in [2.05, 4.69) is 22.5 Å². The van der Waals surface area contributed by atoms with Crippen LogP contribution in [-0.4, -0.2) is 16.8 Å². The normalized spacial score (nSPS) is 16.5. The zero-order valence-corrected chi connectivity index (χ0v) is 14.7. The first-order valence-electron chi connectivity index (χ1n) is 8.18. The molecule has 6 nitrogen and oxygen atoms in total. The van der Waals surface area contributed by atoms with Gasteiger partial charge in [0.15, 0.2) is 10.9 Å². The van der Waals surface area contributed by atoms with Gasteiger partial charge >= 0.3 is 0 Å². The van der Waals surface area contributed by atoms with Crippen LogP contribution < -0.4 is 10.6 Å². The maximum Gasteiger partial charge on any atom is 0.293 e. The number of hydrogen-bond donors (Lipinski definition) is 2. The van der Waals surface area contributed by atoms with Gasteiger partial charge in [-0.1, -0.05) is 13.3 Å². The predicted molar refractivity (Wildman–Crippen MR) is 92.1 cm³/mol. The molecule has 0 saturated heterocycles. The summed E-state index contributed by atoms with van der Waals surface area (Å²) in [6.45, 7) is 3.92. The molecule has 7 heteroatoms. The largest absolute Gasteiger partial charge is 0.454 e. The van der Waals surface area contributed by atoms with Crippen LogP contribution >= 0.6 is 11.3 Å². The van der Waals surface area contributed by atoms with Crippen molar-refractivity contribution in [2.45, 2.75) is 46.1 Å². The maximum absolute atomic E-state index is 12.3. The molecule has 128 valence electrons. The highest BCUT2D eigenvalue weighted by atomic mass is 32.1. The molecule has 1 aliphatic carbocycles. The highest BCUT2D eigenvalue weighted by molar-refractivity contribution is 7.15. The Morgan fingerprint density at radius 2 is 2.25 bits per heavy atom. The fourth-order valence-corrected chi connectivity index (χ4v) is 3.93. The molecule has 0 fully saturated rings. The first kappa shape index (κ1) is 16.7. The minimum atomic E-state index is -0.317. The average Bonchev–Trinajstić information content (AvgIpc) is 3.18. The van der Waals surface area contributed by atoms with Crippen LogP contribution in [0.25, 0.3) is 0 Å². The van der Waals surface area contributed by atoms with Crippen LogP contribution in [0.2, 0.25) is 0 Å². The SMILES string of the molecule is CCC1CCc2nc(NC(=O)c3ccc(CNC(C)=O)o3)sc2C1. The van der Waals surface area contributed by atoms with Gasteiger partial charge in [0.1, 0.15) is 5.76 Å². The van der Waals surface area contributed by atoms with E-state index in [9.17, 15) is 9.59 Å². The summed E-state index contributed by atoms with van der Waals surface area (Å²) < 4.78 is 5.45. The highest BCUT2D eigenvalue weighted by Gasteiger charge is 2.22. The lowest BCUT2D eigenvalue weighted by Crippen LogP contribution is -2.18. The number of amides is 2. The van der Waals surface area contributed by atoms with Crippen LogP contribution in [0.5, 0.6) is 0 Å². The summed E-state index contributed by atoms with van der Waals surface area (Å²) in [5, 5.41) is 6.07. The third-order valence-electron chi connectivity index (χ3n) is 4.24. The molecule has 0 aromatic carbocycles. The summed E-state index contributed by atoms with van der Waals surface area (Å²) in [7, 11) is 0. The Labute approximate surface area is 144 Å². The molecule has 0 radical (unpaired) electrons. The second-order valence-corrected chi connectivity index (χ2v) is 7.12. The second-order valence-electron chi connectivity index (χ2n) is 6.04. The summed E-state index contributed by atoms with van der Waals surface area (Å²) in [5.41, 5.74) is 1.12. The molecule has 1 unspecified atom stereocenters. The zero-order chi connectivity index (χ0) is 17.1. The van der Waals surface area contributed by atoms with Gasteiger partial charge in [0.2, 0.25) is 5.91 Å². The van der Waals surface area contributed by atoms with E-state index in [1.807, 2.05) is 0 Å². The Kier molecular flexibility index (Phi) is 4.99. The lowest BCUT2D eigenvalue weighted by Gasteiger charge is -2.18. The molecule has 0 aliphatic heterocycles. The van der Waals surface area contributed by atoms with Gasteiger partial charge in [-0.3, -0.25) is 14.9 Å². The van der Waals surface area contributed by atoms with Gasteiger partial charge in [-0.25, -0.2) is 4.98 Å². The molecule has 2 aromatic rings. The minimum absolute atomic E-state index is 0.142. The van der Waals surface area contributed by atoms with Crippen LogP contribution in [-0.2, 0) is 24.2 Å². The third kappa shape index (κ3) is 3.84. The van der Waals surface area contributed by atoms with Gasteiger partial charge in [0.05, 0.1) is 12.2 Å². The summed E-state index contributed by atoms with van der Waals surface area (Å²) in [6.07, 6.45) is 4.40. The average molecular weight is 347 g/mol. The van der Waals surface area contributed by atoms with Crippen LogP contribution in [0.3, 0.4) is 0 Å². The quantitative estimate of drug-likeness (QED) is 0.870. The number of carbonyl (C=O) groups is 2. The summed E-state index contributed by atoms with van der Waals surface area (Å²) in [5.74, 6) is 1.02. The summed E-state index contributed by atoms with van der Waals surface area (Å²) >= 11 is 1.56. The van der Waals surface area contributed by atoms with Crippen LogP contribution in [0, 0.1) is 5.92 Å². The van der Waals surface area contributed by atoms with E-state index in [1.165, 1.54) is 24.6 Å². The molecule has 1 aliphatic rings. The Bertz CT molecular complexity index is 750. The number of nitrogens with one attached hydrogen (secondary N) is 2. The molecule has 2 amide bonds. The van der Waals surface area contributed by atoms with Crippen LogP contribution in [0.4, 0.5) is 5.13 Å². The Balaban J connectivity index is 1.63. The number of aryl methyl sites for hydroxylation is 1. The van der Waals surface area contributed by atoms with Crippen molar-refractivity contribution in [2.75, 3.05) is 5.32 Å². The lowest BCUT2D eigenvalue weighted by molar-refractivity contribution is -0.119. The molecule has 0 saturated carbocycles. The van der Waals surface area contributed by atoms with Gasteiger partial charge in [-0.2, -0.15) is 0 Å². The van der Waals surface area contributed by atoms with E-state index in [-0.39, 0.29) is 24.1 Å². The number of carbonyl (C=O) groups excluding carboxylic acids is 2. The number of fused-ring (bicyclic) bond motifs is 1. The fraction of sp³-hybridized carbons (Fsp3) is 0.471. The molecule has 3 rings (SSSR count). The van der Waals surface area contributed by atoms with Gasteiger partial charge in [0.25, 0.3) is 5.91 Å². The second kappa shape index (κ2) is 7.17. The maximum atomic E-state index is 12.3. The smallest absolute Gasteiger partial charge is 0.293 e. The van der Waals surface area contributed by atoms with E-state index >= 15 is 0 Å². The monoisotopic (exact) mass is 347 g/mol. The van der Waals surface area contributed by atoms with E-state index in [0.717, 1.165) is 24.5 Å². The standard InChI is InChI=1S/C17H21N3O3S/c1-3-11-4-6-13-15(8-11)24-17(19-13)20-16(22)14-7-5-12(23-14)9-18-10(2)21/h5,7,11H,3-4,6,8-9H2,1-2H3,(H,18,21)(H,19,20,22). The fourth-order valence-electron chi connectivity index (χ4n) is 2.81. The topological polar surface area (TPSA) is 84.2 Å². The molecule has 2 N–H and O–H groups in total. The molecular formula is C17H21N3O3S. The van der Waals surface area contributed by atoms with Crippen LogP contribution in [0.15, 0.2) is 16.5 Å². The molecule has 1 atom stereocenters. The van der Waals surface area contributed by atoms with Gasteiger partial charge in [0, 0.05) is 11.8 Å². The van der Waals surface area contributed by atoms with Crippen molar-refractivity contribution in [1.82, 2.24) is 10.3 Å².